The molecule has 2 aromatic rings. The number of hydrogen-bond acceptors (Lipinski definition) is 3. The Balaban J connectivity index is 2.60. The van der Waals surface area contributed by atoms with Crippen molar-refractivity contribution in [1.82, 2.24) is 4.98 Å². The van der Waals surface area contributed by atoms with Crippen LogP contribution in [0.25, 0.3) is 10.9 Å². The summed E-state index contributed by atoms with van der Waals surface area (Å²) >= 11 is 6.89. The molecule has 0 unspecified atom stereocenters. The average molecular weight is 359 g/mol. The summed E-state index contributed by atoms with van der Waals surface area (Å²) in [5.41, 5.74) is 1.06. The maximum absolute atomic E-state index is 11.6. The summed E-state index contributed by atoms with van der Waals surface area (Å²) in [4.78, 5) is 15.9. The summed E-state index contributed by atoms with van der Waals surface area (Å²) < 4.78 is 6.68. The summed E-state index contributed by atoms with van der Waals surface area (Å²) in [6.07, 6.45) is 0. The molecule has 0 aliphatic rings. The van der Waals surface area contributed by atoms with Crippen molar-refractivity contribution in [3.05, 3.63) is 38.9 Å². The number of carbonyl (C=O) groups excluding carboxylic acids is 1. The summed E-state index contributed by atoms with van der Waals surface area (Å²) in [5, 5.41) is 0.945. The number of benzene rings is 1. The van der Waals surface area contributed by atoms with Crippen LogP contribution in [0.2, 0.25) is 0 Å². The molecule has 0 atom stereocenters. The topological polar surface area (TPSA) is 39.2 Å². The standard InChI is InChI=1S/C12H9Br2NO2/c1-2-17-12(16)10-6-8(14)11-7(13)4-3-5-9(11)15-10/h3-6H,2H2,1H3. The van der Waals surface area contributed by atoms with Crippen LogP contribution in [0.3, 0.4) is 0 Å². The lowest BCUT2D eigenvalue weighted by Crippen LogP contribution is -2.07. The van der Waals surface area contributed by atoms with Gasteiger partial charge in [0.05, 0.1) is 12.1 Å². The third kappa shape index (κ3) is 2.50. The highest BCUT2D eigenvalue weighted by Crippen LogP contribution is 2.30. The van der Waals surface area contributed by atoms with Crippen molar-refractivity contribution >= 4 is 48.7 Å². The summed E-state index contributed by atoms with van der Waals surface area (Å²) in [5.74, 6) is -0.407. The molecule has 0 N–H and O–H groups in total. The first-order chi connectivity index (χ1) is 8.13. The minimum Gasteiger partial charge on any atom is -0.461 e. The fraction of sp³-hybridized carbons (Fsp3) is 0.167. The molecule has 3 nitrogen and oxygen atoms in total. The SMILES string of the molecule is CCOC(=O)c1cc(Br)c2c(Br)cccc2n1. The molecule has 0 fully saturated rings. The number of ether oxygens (including phenoxy) is 1. The van der Waals surface area contributed by atoms with Crippen molar-refractivity contribution in [1.29, 1.82) is 0 Å². The van der Waals surface area contributed by atoms with Crippen molar-refractivity contribution in [2.45, 2.75) is 6.92 Å². The Morgan fingerprint density at radius 1 is 1.35 bits per heavy atom. The maximum atomic E-state index is 11.6. The Labute approximate surface area is 115 Å². The zero-order valence-electron chi connectivity index (χ0n) is 9.04. The van der Waals surface area contributed by atoms with Crippen molar-refractivity contribution < 1.29 is 9.53 Å². The van der Waals surface area contributed by atoms with Gasteiger partial charge in [0.25, 0.3) is 0 Å². The highest BCUT2D eigenvalue weighted by atomic mass is 79.9. The highest BCUT2D eigenvalue weighted by molar-refractivity contribution is 9.11. The van der Waals surface area contributed by atoms with Crippen LogP contribution in [-0.2, 0) is 4.74 Å². The van der Waals surface area contributed by atoms with E-state index in [-0.39, 0.29) is 0 Å². The van der Waals surface area contributed by atoms with Crippen LogP contribution in [0.1, 0.15) is 17.4 Å². The van der Waals surface area contributed by atoms with Gasteiger partial charge in [-0.05, 0) is 41.1 Å². The van der Waals surface area contributed by atoms with Crippen molar-refractivity contribution in [2.24, 2.45) is 0 Å². The second-order valence-electron chi connectivity index (χ2n) is 3.34. The molecule has 0 aliphatic heterocycles. The monoisotopic (exact) mass is 357 g/mol. The number of hydrogen-bond donors (Lipinski definition) is 0. The molecule has 2 rings (SSSR count). The Morgan fingerprint density at radius 2 is 2.12 bits per heavy atom. The predicted molar refractivity (Wildman–Crippen MR) is 73.1 cm³/mol. The van der Waals surface area contributed by atoms with E-state index in [1.165, 1.54) is 0 Å². The number of nitrogens with zero attached hydrogens (tertiary/aromatic N) is 1. The molecule has 0 amide bonds. The first-order valence-corrected chi connectivity index (χ1v) is 6.64. The van der Waals surface area contributed by atoms with Gasteiger partial charge in [-0.2, -0.15) is 0 Å². The number of aromatic nitrogens is 1. The molecule has 0 bridgehead atoms. The fourth-order valence-electron chi connectivity index (χ4n) is 1.51. The number of carbonyl (C=O) groups is 1. The Morgan fingerprint density at radius 3 is 2.82 bits per heavy atom. The summed E-state index contributed by atoms with van der Waals surface area (Å²) in [6.45, 7) is 2.11. The molecule has 1 aromatic heterocycles. The van der Waals surface area contributed by atoms with E-state index in [2.05, 4.69) is 36.8 Å². The average Bonchev–Trinajstić information content (AvgIpc) is 2.29. The maximum Gasteiger partial charge on any atom is 0.356 e. The number of halogens is 2. The number of esters is 1. The molecule has 88 valence electrons. The second-order valence-corrected chi connectivity index (χ2v) is 5.05. The molecule has 0 radical (unpaired) electrons. The fourth-order valence-corrected chi connectivity index (χ4v) is 2.98. The smallest absolute Gasteiger partial charge is 0.356 e. The van der Waals surface area contributed by atoms with E-state index < -0.39 is 5.97 Å². The second kappa shape index (κ2) is 5.14. The molecular weight excluding hydrogens is 350 g/mol. The van der Waals surface area contributed by atoms with E-state index in [0.29, 0.717) is 12.3 Å². The van der Waals surface area contributed by atoms with Gasteiger partial charge >= 0.3 is 5.97 Å². The lowest BCUT2D eigenvalue weighted by Gasteiger charge is -2.06. The number of fused-ring (bicyclic) bond motifs is 1. The van der Waals surface area contributed by atoms with Crippen molar-refractivity contribution in [3.63, 3.8) is 0 Å². The van der Waals surface area contributed by atoms with E-state index in [1.54, 1.807) is 13.0 Å². The van der Waals surface area contributed by atoms with Crippen LogP contribution in [0.15, 0.2) is 33.2 Å². The molecule has 1 aromatic carbocycles. The Bertz CT molecular complexity index is 584. The van der Waals surface area contributed by atoms with Gasteiger partial charge in [-0.3, -0.25) is 0 Å². The molecule has 0 spiro atoms. The van der Waals surface area contributed by atoms with Crippen molar-refractivity contribution in [2.75, 3.05) is 6.61 Å². The molecule has 1 heterocycles. The quantitative estimate of drug-likeness (QED) is 0.763. The molecule has 5 heteroatoms. The number of rotatable bonds is 2. The Hall–Kier alpha value is -0.940. The van der Waals surface area contributed by atoms with Crippen LogP contribution in [-0.4, -0.2) is 17.6 Å². The lowest BCUT2D eigenvalue weighted by atomic mass is 10.2. The van der Waals surface area contributed by atoms with Gasteiger partial charge in [-0.15, -0.1) is 0 Å². The van der Waals surface area contributed by atoms with Crippen LogP contribution >= 0.6 is 31.9 Å². The zero-order chi connectivity index (χ0) is 12.4. The van der Waals surface area contributed by atoms with Crippen LogP contribution in [0.4, 0.5) is 0 Å². The predicted octanol–water partition coefficient (Wildman–Crippen LogP) is 3.94. The van der Waals surface area contributed by atoms with Crippen LogP contribution in [0.5, 0.6) is 0 Å². The van der Waals surface area contributed by atoms with Gasteiger partial charge in [0.2, 0.25) is 0 Å². The zero-order valence-corrected chi connectivity index (χ0v) is 12.2. The number of pyridine rings is 1. The van der Waals surface area contributed by atoms with Gasteiger partial charge in [0, 0.05) is 14.3 Å². The highest BCUT2D eigenvalue weighted by Gasteiger charge is 2.13. The van der Waals surface area contributed by atoms with Gasteiger partial charge in [-0.25, -0.2) is 9.78 Å². The third-order valence-electron chi connectivity index (χ3n) is 2.22. The molecule has 0 saturated carbocycles. The molecular formula is C12H9Br2NO2. The summed E-state index contributed by atoms with van der Waals surface area (Å²) in [7, 11) is 0. The minimum absolute atomic E-state index is 0.310. The lowest BCUT2D eigenvalue weighted by molar-refractivity contribution is 0.0520. The Kier molecular flexibility index (Phi) is 3.79. The van der Waals surface area contributed by atoms with Gasteiger partial charge in [-0.1, -0.05) is 22.0 Å². The normalized spacial score (nSPS) is 10.5. The van der Waals surface area contributed by atoms with Crippen molar-refractivity contribution in [3.8, 4) is 0 Å². The first kappa shape index (κ1) is 12.5. The minimum atomic E-state index is -0.407. The van der Waals surface area contributed by atoms with Gasteiger partial charge in [0.15, 0.2) is 0 Å². The van der Waals surface area contributed by atoms with Crippen LogP contribution in [0, 0.1) is 0 Å². The summed E-state index contributed by atoms with van der Waals surface area (Å²) in [6, 6.07) is 7.33. The van der Waals surface area contributed by atoms with E-state index in [9.17, 15) is 4.79 Å². The van der Waals surface area contributed by atoms with Gasteiger partial charge in [0.1, 0.15) is 5.69 Å². The molecule has 17 heavy (non-hydrogen) atoms. The van der Waals surface area contributed by atoms with E-state index in [1.807, 2.05) is 18.2 Å². The van der Waals surface area contributed by atoms with E-state index in [4.69, 9.17) is 4.74 Å². The molecule has 0 aliphatic carbocycles. The molecule has 0 saturated heterocycles. The van der Waals surface area contributed by atoms with Gasteiger partial charge < -0.3 is 4.74 Å². The van der Waals surface area contributed by atoms with E-state index in [0.717, 1.165) is 19.8 Å². The third-order valence-corrected chi connectivity index (χ3v) is 3.51. The first-order valence-electron chi connectivity index (χ1n) is 5.05. The van der Waals surface area contributed by atoms with E-state index >= 15 is 0 Å². The van der Waals surface area contributed by atoms with Crippen LogP contribution < -0.4 is 0 Å². The largest absolute Gasteiger partial charge is 0.461 e.